The first kappa shape index (κ1) is 5.60. The molecule has 0 aromatic carbocycles. The molecule has 43 valence electrons. The Morgan fingerprint density at radius 1 is 1.12 bits per heavy atom. The summed E-state index contributed by atoms with van der Waals surface area (Å²) < 4.78 is 8.70. The van der Waals surface area contributed by atoms with Gasteiger partial charge in [0.2, 0.25) is 0 Å². The molecule has 2 nitrogen and oxygen atoms in total. The number of rotatable bonds is 1. The van der Waals surface area contributed by atoms with Gasteiger partial charge in [-0.15, -0.1) is 0 Å². The summed E-state index contributed by atoms with van der Waals surface area (Å²) in [6, 6.07) is 5.76. The molecule has 0 atom stereocenters. The van der Waals surface area contributed by atoms with Crippen molar-refractivity contribution in [1.82, 2.24) is 0 Å². The van der Waals surface area contributed by atoms with Gasteiger partial charge in [0.25, 0.3) is 0 Å². The molecule has 1 aromatic rings. The molecule has 8 heavy (non-hydrogen) atoms. The molecule has 0 aliphatic carbocycles. The average molecular weight is 150 g/mol. The zero-order valence-corrected chi connectivity index (χ0v) is 5.29. The van der Waals surface area contributed by atoms with Crippen LogP contribution < -0.4 is 3.58 Å². The van der Waals surface area contributed by atoms with Gasteiger partial charge < -0.3 is 0 Å². The van der Waals surface area contributed by atoms with Crippen molar-refractivity contribution in [3.8, 4) is 0 Å². The first-order chi connectivity index (χ1) is 3.93. The Hall–Kier alpha value is -0.531. The van der Waals surface area contributed by atoms with Crippen LogP contribution in [0.5, 0.6) is 0 Å². The summed E-state index contributed by atoms with van der Waals surface area (Å²) in [5, 5.41) is 0. The van der Waals surface area contributed by atoms with Crippen molar-refractivity contribution < 1.29 is 18.6 Å². The minimum atomic E-state index is 0.306. The number of hydrogen-bond acceptors (Lipinski definition) is 1. The van der Waals surface area contributed by atoms with Gasteiger partial charge in [-0.2, -0.15) is 0 Å². The third-order valence-corrected chi connectivity index (χ3v) is 1.38. The van der Waals surface area contributed by atoms with Gasteiger partial charge in [0.15, 0.2) is 0 Å². The van der Waals surface area contributed by atoms with Gasteiger partial charge in [-0.3, -0.25) is 0 Å². The van der Waals surface area contributed by atoms with Crippen molar-refractivity contribution in [2.75, 3.05) is 0 Å². The van der Waals surface area contributed by atoms with Gasteiger partial charge in [-0.1, -0.05) is 0 Å². The Balaban J connectivity index is 2.99. The molecule has 0 amide bonds. The molecule has 0 fully saturated rings. The summed E-state index contributed by atoms with van der Waals surface area (Å²) in [4.78, 5) is 0. The van der Waals surface area contributed by atoms with E-state index < -0.39 is 0 Å². The van der Waals surface area contributed by atoms with Crippen LogP contribution in [-0.2, 0) is 15.0 Å². The molecule has 1 aromatic heterocycles. The molecule has 0 spiro atoms. The van der Waals surface area contributed by atoms with Crippen LogP contribution >= 0.6 is 0 Å². The molecule has 0 radical (unpaired) electrons. The predicted octanol–water partition coefficient (Wildman–Crippen LogP) is 0.582. The van der Waals surface area contributed by atoms with Crippen LogP contribution in [0.15, 0.2) is 30.6 Å². The summed E-state index contributed by atoms with van der Waals surface area (Å²) in [6.07, 6.45) is 3.74. The molecule has 1 heterocycles. The molecule has 0 saturated carbocycles. The Kier molecular flexibility index (Phi) is 1.89. The molecular formula is C5H6FeN2+. The van der Waals surface area contributed by atoms with Gasteiger partial charge >= 0.3 is 53.5 Å². The van der Waals surface area contributed by atoms with Crippen molar-refractivity contribution in [3.05, 3.63) is 30.6 Å². The predicted molar refractivity (Wildman–Crippen MR) is 24.8 cm³/mol. The molecule has 0 aliphatic heterocycles. The average Bonchev–Trinajstić information content (AvgIpc) is 1.90. The number of nitrogens with zero attached hydrogens (tertiary/aromatic N) is 1. The van der Waals surface area contributed by atoms with E-state index in [1.807, 2.05) is 30.6 Å². The van der Waals surface area contributed by atoms with E-state index >= 15 is 0 Å². The summed E-state index contributed by atoms with van der Waals surface area (Å²) in [5.74, 6) is 0. The van der Waals surface area contributed by atoms with Gasteiger partial charge in [0, 0.05) is 0 Å². The van der Waals surface area contributed by atoms with Gasteiger partial charge in [0.1, 0.15) is 0 Å². The van der Waals surface area contributed by atoms with Crippen LogP contribution in [-0.4, -0.2) is 0 Å². The summed E-state index contributed by atoms with van der Waals surface area (Å²) in [5.41, 5.74) is 0. The van der Waals surface area contributed by atoms with Crippen molar-refractivity contribution >= 4 is 0 Å². The van der Waals surface area contributed by atoms with Crippen LogP contribution in [0.25, 0.3) is 0 Å². The van der Waals surface area contributed by atoms with Crippen molar-refractivity contribution in [2.24, 2.45) is 0 Å². The minimum absolute atomic E-state index is 0.306. The maximum absolute atomic E-state index is 6.91. The first-order valence-electron chi connectivity index (χ1n) is 2.18. The molecule has 1 rings (SSSR count). The Bertz CT molecular complexity index is 173. The third kappa shape index (κ3) is 1.22. The SMILES string of the molecule is [NH]=[Fe][n+]1ccccc1. The molecule has 0 saturated heterocycles. The zero-order valence-electron chi connectivity index (χ0n) is 4.19. The molecule has 0 unspecified atom stereocenters. The van der Waals surface area contributed by atoms with Gasteiger partial charge in [-0.25, -0.2) is 0 Å². The topological polar surface area (TPSA) is 27.7 Å². The van der Waals surface area contributed by atoms with E-state index in [0.717, 1.165) is 0 Å². The van der Waals surface area contributed by atoms with Gasteiger partial charge in [0.05, 0.1) is 0 Å². The van der Waals surface area contributed by atoms with E-state index in [1.165, 1.54) is 0 Å². The van der Waals surface area contributed by atoms with E-state index in [4.69, 9.17) is 4.38 Å². The fraction of sp³-hybridized carbons (Fsp3) is 0. The van der Waals surface area contributed by atoms with E-state index in [0.29, 0.717) is 15.0 Å². The van der Waals surface area contributed by atoms with E-state index in [-0.39, 0.29) is 0 Å². The van der Waals surface area contributed by atoms with E-state index in [1.54, 1.807) is 3.58 Å². The Morgan fingerprint density at radius 2 is 1.75 bits per heavy atom. The van der Waals surface area contributed by atoms with Crippen molar-refractivity contribution in [1.29, 1.82) is 4.38 Å². The second-order valence-electron chi connectivity index (χ2n) is 1.29. The number of hydrogen-bond donors (Lipinski definition) is 1. The molecule has 1 N–H and O–H groups in total. The zero-order chi connectivity index (χ0) is 5.82. The van der Waals surface area contributed by atoms with Crippen LogP contribution in [0, 0.1) is 4.38 Å². The quantitative estimate of drug-likeness (QED) is 0.567. The van der Waals surface area contributed by atoms with E-state index in [2.05, 4.69) is 0 Å². The maximum atomic E-state index is 6.91. The summed E-state index contributed by atoms with van der Waals surface area (Å²) in [6.45, 7) is 0. The normalized spacial score (nSPS) is 9.00. The van der Waals surface area contributed by atoms with E-state index in [9.17, 15) is 0 Å². The molecule has 0 bridgehead atoms. The standard InChI is InChI=1S/C5H5N.Fe.HN/c1-2-4-6-5-3-1;;/h1-5H;;1H/q;+1;. The summed E-state index contributed by atoms with van der Waals surface area (Å²) >= 11 is 0.306. The van der Waals surface area contributed by atoms with Crippen molar-refractivity contribution in [3.63, 3.8) is 0 Å². The van der Waals surface area contributed by atoms with Crippen LogP contribution in [0.1, 0.15) is 0 Å². The molecule has 3 heteroatoms. The second kappa shape index (κ2) is 2.70. The number of nitrogens with one attached hydrogen (secondary N) is 1. The third-order valence-electron chi connectivity index (χ3n) is 0.763. The van der Waals surface area contributed by atoms with Crippen molar-refractivity contribution in [2.45, 2.75) is 0 Å². The van der Waals surface area contributed by atoms with Crippen LogP contribution in [0.2, 0.25) is 0 Å². The number of aromatic nitrogens is 1. The monoisotopic (exact) mass is 150 g/mol. The number of pyridine rings is 1. The van der Waals surface area contributed by atoms with Crippen LogP contribution in [0.3, 0.4) is 0 Å². The fourth-order valence-electron chi connectivity index (χ4n) is 0.426. The van der Waals surface area contributed by atoms with Crippen LogP contribution in [0.4, 0.5) is 0 Å². The Labute approximate surface area is 54.1 Å². The summed E-state index contributed by atoms with van der Waals surface area (Å²) in [7, 11) is 0. The van der Waals surface area contributed by atoms with Gasteiger partial charge in [-0.05, 0) is 0 Å². The molecule has 0 aliphatic rings. The fourth-order valence-corrected chi connectivity index (χ4v) is 0.781. The second-order valence-corrected chi connectivity index (χ2v) is 2.10. The first-order valence-corrected chi connectivity index (χ1v) is 3.23. The Morgan fingerprint density at radius 3 is 2.12 bits per heavy atom. The molecular weight excluding hydrogens is 144 g/mol.